The number of nitrogens with one attached hydrogen (secondary N) is 1. The van der Waals surface area contributed by atoms with Crippen molar-refractivity contribution in [1.82, 2.24) is 19.7 Å². The predicted molar refractivity (Wildman–Crippen MR) is 65.1 cm³/mol. The summed E-state index contributed by atoms with van der Waals surface area (Å²) in [5.41, 5.74) is 1.01. The van der Waals surface area contributed by atoms with Crippen molar-refractivity contribution in [2.45, 2.75) is 12.5 Å². The van der Waals surface area contributed by atoms with E-state index in [2.05, 4.69) is 15.2 Å². The molecule has 0 amide bonds. The Morgan fingerprint density at radius 1 is 1.41 bits per heavy atom. The molecule has 0 spiro atoms. The average Bonchev–Trinajstić information content (AvgIpc) is 2.99. The van der Waals surface area contributed by atoms with Crippen molar-refractivity contribution in [3.05, 3.63) is 29.3 Å². The molecule has 2 aromatic heterocycles. The summed E-state index contributed by atoms with van der Waals surface area (Å²) in [6.07, 6.45) is 4.48. The highest BCUT2D eigenvalue weighted by atomic mass is 32.1. The Morgan fingerprint density at radius 3 is 2.94 bits per heavy atom. The first kappa shape index (κ1) is 10.6. The third-order valence-corrected chi connectivity index (χ3v) is 3.20. The topological polar surface area (TPSA) is 55.7 Å². The van der Waals surface area contributed by atoms with Gasteiger partial charge in [0.15, 0.2) is 10.6 Å². The lowest BCUT2D eigenvalue weighted by Gasteiger charge is -2.12. The molecule has 0 bridgehead atoms. The summed E-state index contributed by atoms with van der Waals surface area (Å²) in [7, 11) is 0. The van der Waals surface area contributed by atoms with Crippen molar-refractivity contribution in [1.29, 1.82) is 0 Å². The summed E-state index contributed by atoms with van der Waals surface area (Å²) in [6, 6.07) is 4.14. The smallest absolute Gasteiger partial charge is 0.195 e. The maximum Gasteiger partial charge on any atom is 0.195 e. The highest BCUT2D eigenvalue weighted by molar-refractivity contribution is 7.71. The highest BCUT2D eigenvalue weighted by Gasteiger charge is 2.22. The maximum absolute atomic E-state index is 5.41. The highest BCUT2D eigenvalue weighted by Crippen LogP contribution is 2.25. The lowest BCUT2D eigenvalue weighted by Crippen LogP contribution is -2.10. The van der Waals surface area contributed by atoms with E-state index in [0.29, 0.717) is 11.4 Å². The second-order valence-electron chi connectivity index (χ2n) is 3.98. The van der Waals surface area contributed by atoms with Gasteiger partial charge >= 0.3 is 0 Å². The second-order valence-corrected chi connectivity index (χ2v) is 4.36. The molecular formula is C11H12N4OS. The van der Waals surface area contributed by atoms with Crippen LogP contribution in [0.1, 0.15) is 12.5 Å². The van der Waals surface area contributed by atoms with Gasteiger partial charge in [0.25, 0.3) is 0 Å². The normalized spacial score (nSPS) is 19.6. The number of nitrogens with zero attached hydrogens (tertiary/aromatic N) is 3. The number of rotatable bonds is 2. The second kappa shape index (κ2) is 4.38. The molecule has 5 nitrogen and oxygen atoms in total. The fourth-order valence-electron chi connectivity index (χ4n) is 2.07. The van der Waals surface area contributed by atoms with E-state index in [4.69, 9.17) is 17.0 Å². The van der Waals surface area contributed by atoms with Gasteiger partial charge in [0.2, 0.25) is 0 Å². The first-order valence-electron chi connectivity index (χ1n) is 5.51. The number of pyridine rings is 1. The molecule has 1 saturated heterocycles. The number of hydrogen-bond donors (Lipinski definition) is 1. The molecule has 0 radical (unpaired) electrons. The van der Waals surface area contributed by atoms with Crippen LogP contribution >= 0.6 is 12.2 Å². The van der Waals surface area contributed by atoms with Gasteiger partial charge in [0.1, 0.15) is 0 Å². The average molecular weight is 248 g/mol. The van der Waals surface area contributed by atoms with Crippen LogP contribution in [-0.4, -0.2) is 33.0 Å². The summed E-state index contributed by atoms with van der Waals surface area (Å²) in [4.78, 5) is 4.01. The van der Waals surface area contributed by atoms with Crippen molar-refractivity contribution in [2.75, 3.05) is 13.2 Å². The van der Waals surface area contributed by atoms with E-state index in [0.717, 1.165) is 24.4 Å². The van der Waals surface area contributed by atoms with Gasteiger partial charge in [0.05, 0.1) is 12.6 Å². The summed E-state index contributed by atoms with van der Waals surface area (Å²) < 4.78 is 8.09. The SMILES string of the molecule is S=c1[nH]nc(-c2ccncc2)n1C1CCOC1. The standard InChI is InChI=1S/C11H12N4OS/c17-11-14-13-10(8-1-4-12-5-2-8)15(11)9-3-6-16-7-9/h1-2,4-5,9H,3,6-7H2,(H,14,17). The molecule has 17 heavy (non-hydrogen) atoms. The van der Waals surface area contributed by atoms with Crippen LogP contribution in [0.15, 0.2) is 24.5 Å². The Kier molecular flexibility index (Phi) is 2.74. The third-order valence-electron chi connectivity index (χ3n) is 2.91. The van der Waals surface area contributed by atoms with Gasteiger partial charge in [0, 0.05) is 24.6 Å². The van der Waals surface area contributed by atoms with Crippen molar-refractivity contribution in [3.8, 4) is 11.4 Å². The maximum atomic E-state index is 5.41. The molecular weight excluding hydrogens is 236 g/mol. The molecule has 1 fully saturated rings. The number of H-pyrrole nitrogens is 1. The van der Waals surface area contributed by atoms with Crippen molar-refractivity contribution < 1.29 is 4.74 Å². The van der Waals surface area contributed by atoms with Crippen molar-refractivity contribution in [3.63, 3.8) is 0 Å². The molecule has 3 heterocycles. The molecule has 0 aromatic carbocycles. The third kappa shape index (κ3) is 1.89. The molecule has 2 aromatic rings. The van der Waals surface area contributed by atoms with Crippen molar-refractivity contribution in [2.24, 2.45) is 0 Å². The fourth-order valence-corrected chi connectivity index (χ4v) is 2.35. The Labute approximate surface area is 103 Å². The van der Waals surface area contributed by atoms with E-state index in [1.54, 1.807) is 12.4 Å². The Hall–Kier alpha value is -1.53. The molecule has 3 rings (SSSR count). The zero-order valence-electron chi connectivity index (χ0n) is 9.17. The summed E-state index contributed by atoms with van der Waals surface area (Å²) in [5.74, 6) is 0.855. The predicted octanol–water partition coefficient (Wildman–Crippen LogP) is 1.96. The molecule has 1 N–H and O–H groups in total. The number of hydrogen-bond acceptors (Lipinski definition) is 4. The molecule has 1 aliphatic heterocycles. The Bertz CT molecular complexity index is 556. The Morgan fingerprint density at radius 2 is 2.24 bits per heavy atom. The fraction of sp³-hybridized carbons (Fsp3) is 0.364. The molecule has 1 atom stereocenters. The van der Waals surface area contributed by atoms with E-state index in [1.165, 1.54) is 0 Å². The number of aromatic amines is 1. The first-order valence-corrected chi connectivity index (χ1v) is 5.92. The Balaban J connectivity index is 2.09. The van der Waals surface area contributed by atoms with Crippen LogP contribution in [0.3, 0.4) is 0 Å². The minimum Gasteiger partial charge on any atom is -0.379 e. The monoisotopic (exact) mass is 248 g/mol. The largest absolute Gasteiger partial charge is 0.379 e. The molecule has 88 valence electrons. The molecule has 0 aliphatic carbocycles. The van der Waals surface area contributed by atoms with Gasteiger partial charge in [-0.2, -0.15) is 5.10 Å². The van der Waals surface area contributed by atoms with E-state index in [9.17, 15) is 0 Å². The van der Waals surface area contributed by atoms with E-state index in [1.807, 2.05) is 16.7 Å². The van der Waals surface area contributed by atoms with E-state index < -0.39 is 0 Å². The van der Waals surface area contributed by atoms with E-state index >= 15 is 0 Å². The molecule has 0 saturated carbocycles. The summed E-state index contributed by atoms with van der Waals surface area (Å²) in [6.45, 7) is 1.49. The van der Waals surface area contributed by atoms with Crippen LogP contribution in [0, 0.1) is 4.77 Å². The molecule has 1 aliphatic rings. The number of ether oxygens (including phenoxy) is 1. The van der Waals surface area contributed by atoms with Gasteiger partial charge in [-0.1, -0.05) is 0 Å². The quantitative estimate of drug-likeness (QED) is 0.825. The van der Waals surface area contributed by atoms with Gasteiger partial charge in [-0.15, -0.1) is 0 Å². The summed E-state index contributed by atoms with van der Waals surface area (Å²) in [5, 5.41) is 7.15. The van der Waals surface area contributed by atoms with Crippen LogP contribution < -0.4 is 0 Å². The minimum absolute atomic E-state index is 0.282. The van der Waals surface area contributed by atoms with Gasteiger partial charge in [-0.05, 0) is 30.8 Å². The summed E-state index contributed by atoms with van der Waals surface area (Å²) >= 11 is 5.28. The zero-order chi connectivity index (χ0) is 11.7. The van der Waals surface area contributed by atoms with Crippen LogP contribution in [0.2, 0.25) is 0 Å². The van der Waals surface area contributed by atoms with E-state index in [-0.39, 0.29) is 6.04 Å². The van der Waals surface area contributed by atoms with Gasteiger partial charge in [-0.25, -0.2) is 0 Å². The number of aromatic nitrogens is 4. The molecule has 1 unspecified atom stereocenters. The van der Waals surface area contributed by atoms with Crippen molar-refractivity contribution >= 4 is 12.2 Å². The van der Waals surface area contributed by atoms with Crippen LogP contribution in [-0.2, 0) is 4.74 Å². The zero-order valence-corrected chi connectivity index (χ0v) is 9.98. The lowest BCUT2D eigenvalue weighted by molar-refractivity contribution is 0.186. The van der Waals surface area contributed by atoms with Gasteiger partial charge in [-0.3, -0.25) is 14.6 Å². The van der Waals surface area contributed by atoms with Gasteiger partial charge < -0.3 is 4.74 Å². The van der Waals surface area contributed by atoms with Crippen LogP contribution in [0.5, 0.6) is 0 Å². The molecule has 6 heteroatoms. The minimum atomic E-state index is 0.282. The lowest BCUT2D eigenvalue weighted by atomic mass is 10.2. The first-order chi connectivity index (χ1) is 8.36. The van der Waals surface area contributed by atoms with Crippen LogP contribution in [0.4, 0.5) is 0 Å². The van der Waals surface area contributed by atoms with Crippen LogP contribution in [0.25, 0.3) is 11.4 Å².